The number of nitrogens with one attached hydrogen (secondary N) is 1. The molecule has 6 heteroatoms. The minimum absolute atomic E-state index is 0. The second-order valence-corrected chi connectivity index (χ2v) is 6.50. The standard InChI is InChI=1S/C14H16FIN2O.ClH/c15-11-1-2-12(13(16)5-11)14(19)18-4-3-9-6-17-7-10(9)8-18;/h1-2,5,9-10,17H,3-4,6-8H2;1H. The summed E-state index contributed by atoms with van der Waals surface area (Å²) < 4.78 is 13.8. The van der Waals surface area contributed by atoms with Crippen LogP contribution in [0, 0.1) is 21.2 Å². The first-order chi connectivity index (χ1) is 9.15. The molecule has 2 unspecified atom stereocenters. The monoisotopic (exact) mass is 410 g/mol. The molecule has 2 fully saturated rings. The van der Waals surface area contributed by atoms with E-state index < -0.39 is 0 Å². The van der Waals surface area contributed by atoms with Crippen molar-refractivity contribution in [3.63, 3.8) is 0 Å². The van der Waals surface area contributed by atoms with E-state index in [1.54, 1.807) is 6.07 Å². The van der Waals surface area contributed by atoms with Gasteiger partial charge < -0.3 is 10.2 Å². The van der Waals surface area contributed by atoms with Crippen molar-refractivity contribution in [2.45, 2.75) is 6.42 Å². The number of likely N-dealkylation sites (tertiary alicyclic amines) is 1. The van der Waals surface area contributed by atoms with Crippen molar-refractivity contribution in [3.8, 4) is 0 Å². The smallest absolute Gasteiger partial charge is 0.254 e. The number of benzene rings is 1. The number of fused-ring (bicyclic) bond motifs is 1. The van der Waals surface area contributed by atoms with Gasteiger partial charge in [0, 0.05) is 16.7 Å². The third-order valence-corrected chi connectivity index (χ3v) is 5.05. The van der Waals surface area contributed by atoms with E-state index in [1.807, 2.05) is 27.5 Å². The Labute approximate surface area is 137 Å². The van der Waals surface area contributed by atoms with Gasteiger partial charge in [0.05, 0.1) is 5.56 Å². The van der Waals surface area contributed by atoms with Gasteiger partial charge in [-0.25, -0.2) is 4.39 Å². The average Bonchev–Trinajstić information content (AvgIpc) is 2.85. The topological polar surface area (TPSA) is 32.3 Å². The van der Waals surface area contributed by atoms with Gasteiger partial charge in [-0.2, -0.15) is 0 Å². The molecule has 1 aromatic carbocycles. The van der Waals surface area contributed by atoms with E-state index >= 15 is 0 Å². The maximum atomic E-state index is 13.1. The number of hydrogen-bond acceptors (Lipinski definition) is 2. The SMILES string of the molecule is Cl.O=C(c1ccc(F)cc1I)N1CCC2CNCC2C1. The van der Waals surface area contributed by atoms with Gasteiger partial charge in [0.25, 0.3) is 5.91 Å². The second kappa shape index (κ2) is 6.58. The summed E-state index contributed by atoms with van der Waals surface area (Å²) in [6.45, 7) is 3.73. The highest BCUT2D eigenvalue weighted by Crippen LogP contribution is 2.28. The van der Waals surface area contributed by atoms with Gasteiger partial charge in [0.2, 0.25) is 0 Å². The van der Waals surface area contributed by atoms with Gasteiger partial charge in [-0.1, -0.05) is 0 Å². The Morgan fingerprint density at radius 2 is 2.10 bits per heavy atom. The Kier molecular flexibility index (Phi) is 5.25. The van der Waals surface area contributed by atoms with Crippen LogP contribution in [0.15, 0.2) is 18.2 Å². The molecule has 0 radical (unpaired) electrons. The molecular weight excluding hydrogens is 394 g/mol. The number of amides is 1. The van der Waals surface area contributed by atoms with Crippen LogP contribution in [0.2, 0.25) is 0 Å². The van der Waals surface area contributed by atoms with E-state index in [4.69, 9.17) is 0 Å². The number of halogens is 3. The lowest BCUT2D eigenvalue weighted by molar-refractivity contribution is 0.0641. The van der Waals surface area contributed by atoms with Crippen molar-refractivity contribution in [2.24, 2.45) is 11.8 Å². The molecule has 1 amide bonds. The minimum Gasteiger partial charge on any atom is -0.338 e. The first-order valence-corrected chi connectivity index (χ1v) is 7.68. The molecule has 2 aliphatic heterocycles. The quantitative estimate of drug-likeness (QED) is 0.722. The lowest BCUT2D eigenvalue weighted by Gasteiger charge is -2.34. The first kappa shape index (κ1) is 16.0. The summed E-state index contributed by atoms with van der Waals surface area (Å²) in [5.41, 5.74) is 0.617. The van der Waals surface area contributed by atoms with Crippen LogP contribution in [0.5, 0.6) is 0 Å². The third kappa shape index (κ3) is 3.09. The van der Waals surface area contributed by atoms with Crippen LogP contribution in [-0.4, -0.2) is 37.0 Å². The fourth-order valence-corrected chi connectivity index (χ4v) is 3.76. The van der Waals surface area contributed by atoms with Gasteiger partial charge >= 0.3 is 0 Å². The molecule has 0 bridgehead atoms. The zero-order valence-corrected chi connectivity index (χ0v) is 13.9. The summed E-state index contributed by atoms with van der Waals surface area (Å²) in [6.07, 6.45) is 1.07. The zero-order valence-electron chi connectivity index (χ0n) is 10.9. The van der Waals surface area contributed by atoms with Crippen LogP contribution in [0.3, 0.4) is 0 Å². The molecule has 1 aromatic rings. The Morgan fingerprint density at radius 3 is 2.85 bits per heavy atom. The Bertz CT molecular complexity index is 514. The van der Waals surface area contributed by atoms with Crippen molar-refractivity contribution in [3.05, 3.63) is 33.1 Å². The normalized spacial score (nSPS) is 25.0. The van der Waals surface area contributed by atoms with Gasteiger partial charge in [-0.3, -0.25) is 4.79 Å². The van der Waals surface area contributed by atoms with Crippen LogP contribution in [-0.2, 0) is 0 Å². The maximum absolute atomic E-state index is 13.1. The summed E-state index contributed by atoms with van der Waals surface area (Å²) >= 11 is 2.03. The van der Waals surface area contributed by atoms with Gasteiger partial charge in [-0.05, 0) is 72.1 Å². The highest BCUT2D eigenvalue weighted by molar-refractivity contribution is 14.1. The average molecular weight is 411 g/mol. The summed E-state index contributed by atoms with van der Waals surface area (Å²) in [4.78, 5) is 14.4. The number of hydrogen-bond donors (Lipinski definition) is 1. The molecule has 0 saturated carbocycles. The molecule has 2 atom stereocenters. The van der Waals surface area contributed by atoms with Gasteiger partial charge in [-0.15, -0.1) is 12.4 Å². The molecule has 3 nitrogen and oxygen atoms in total. The van der Waals surface area contributed by atoms with E-state index in [-0.39, 0.29) is 24.1 Å². The first-order valence-electron chi connectivity index (χ1n) is 6.60. The molecule has 20 heavy (non-hydrogen) atoms. The lowest BCUT2D eigenvalue weighted by atomic mass is 9.88. The molecule has 0 spiro atoms. The molecule has 0 aliphatic carbocycles. The molecule has 1 N–H and O–H groups in total. The van der Waals surface area contributed by atoms with Crippen molar-refractivity contribution in [1.29, 1.82) is 0 Å². The Morgan fingerprint density at radius 1 is 1.35 bits per heavy atom. The van der Waals surface area contributed by atoms with Crippen LogP contribution < -0.4 is 5.32 Å². The van der Waals surface area contributed by atoms with Crippen molar-refractivity contribution >= 4 is 40.9 Å². The Balaban J connectivity index is 0.00000147. The van der Waals surface area contributed by atoms with Crippen molar-refractivity contribution < 1.29 is 9.18 Å². The zero-order chi connectivity index (χ0) is 13.4. The summed E-state index contributed by atoms with van der Waals surface area (Å²) in [6, 6.07) is 4.37. The number of nitrogens with zero attached hydrogens (tertiary/aromatic N) is 1. The molecule has 0 aromatic heterocycles. The molecule has 110 valence electrons. The van der Waals surface area contributed by atoms with Crippen LogP contribution >= 0.6 is 35.0 Å². The predicted octanol–water partition coefficient (Wildman–Crippen LogP) is 2.53. The molecule has 2 aliphatic rings. The van der Waals surface area contributed by atoms with Crippen molar-refractivity contribution in [1.82, 2.24) is 10.2 Å². The lowest BCUT2D eigenvalue weighted by Crippen LogP contribution is -2.43. The number of carbonyl (C=O) groups is 1. The van der Waals surface area contributed by atoms with E-state index in [2.05, 4.69) is 5.32 Å². The molecule has 3 rings (SSSR count). The molecular formula is C14H17ClFIN2O. The second-order valence-electron chi connectivity index (χ2n) is 5.34. The van der Waals surface area contributed by atoms with Gasteiger partial charge in [0.15, 0.2) is 0 Å². The number of carbonyl (C=O) groups excluding carboxylic acids is 1. The van der Waals surface area contributed by atoms with Gasteiger partial charge in [0.1, 0.15) is 5.82 Å². The third-order valence-electron chi connectivity index (χ3n) is 4.15. The minimum atomic E-state index is -0.292. The summed E-state index contributed by atoms with van der Waals surface area (Å²) in [5.74, 6) is 1.04. The van der Waals surface area contributed by atoms with E-state index in [0.29, 0.717) is 15.1 Å². The highest BCUT2D eigenvalue weighted by atomic mass is 127. The van der Waals surface area contributed by atoms with E-state index in [0.717, 1.165) is 38.5 Å². The van der Waals surface area contributed by atoms with Crippen LogP contribution in [0.1, 0.15) is 16.8 Å². The van der Waals surface area contributed by atoms with Crippen LogP contribution in [0.4, 0.5) is 4.39 Å². The number of piperidine rings is 1. The number of rotatable bonds is 1. The summed E-state index contributed by atoms with van der Waals surface area (Å²) in [7, 11) is 0. The Hall–Kier alpha value is -0.400. The molecule has 2 heterocycles. The predicted molar refractivity (Wildman–Crippen MR) is 86.7 cm³/mol. The molecule has 2 saturated heterocycles. The van der Waals surface area contributed by atoms with Crippen molar-refractivity contribution in [2.75, 3.05) is 26.2 Å². The van der Waals surface area contributed by atoms with E-state index in [9.17, 15) is 9.18 Å². The van der Waals surface area contributed by atoms with E-state index in [1.165, 1.54) is 12.1 Å². The highest BCUT2D eigenvalue weighted by Gasteiger charge is 2.34. The van der Waals surface area contributed by atoms with Crippen LogP contribution in [0.25, 0.3) is 0 Å². The largest absolute Gasteiger partial charge is 0.338 e. The fourth-order valence-electron chi connectivity index (χ4n) is 3.05. The summed E-state index contributed by atoms with van der Waals surface area (Å²) in [5, 5.41) is 3.39. The maximum Gasteiger partial charge on any atom is 0.254 e. The fraction of sp³-hybridized carbons (Fsp3) is 0.500.